The second-order valence-electron chi connectivity index (χ2n) is 6.42. The van der Waals surface area contributed by atoms with E-state index in [1.165, 1.54) is 0 Å². The lowest BCUT2D eigenvalue weighted by Gasteiger charge is -2.11. The molecule has 0 heterocycles. The number of benzene rings is 3. The number of amides is 2. The summed E-state index contributed by atoms with van der Waals surface area (Å²) in [5.74, 6) is -0.622. The lowest BCUT2D eigenvalue weighted by atomic mass is 10.1. The molecule has 0 unspecified atom stereocenters. The fourth-order valence-electron chi connectivity index (χ4n) is 2.58. The summed E-state index contributed by atoms with van der Waals surface area (Å²) in [6.07, 6.45) is 0. The minimum Gasteiger partial charge on any atom is -0.332 e. The Hall–Kier alpha value is -2.74. The lowest BCUT2D eigenvalue weighted by Crippen LogP contribution is -2.34. The summed E-state index contributed by atoms with van der Waals surface area (Å²) in [7, 11) is 0. The van der Waals surface area contributed by atoms with E-state index in [9.17, 15) is 9.59 Å². The van der Waals surface area contributed by atoms with Gasteiger partial charge in [-0.25, -0.2) is 0 Å². The molecule has 5 nitrogen and oxygen atoms in total. The van der Waals surface area contributed by atoms with Crippen LogP contribution in [0.4, 0.5) is 11.4 Å². The molecule has 0 saturated heterocycles. The van der Waals surface area contributed by atoms with Gasteiger partial charge in [-0.05, 0) is 73.2 Å². The van der Waals surface area contributed by atoms with E-state index < -0.39 is 0 Å². The lowest BCUT2D eigenvalue weighted by molar-refractivity contribution is 0.0976. The number of hydrogen-bond acceptors (Lipinski definition) is 3. The quantitative estimate of drug-likeness (QED) is 0.395. The summed E-state index contributed by atoms with van der Waals surface area (Å²) >= 11 is 14.6. The molecule has 3 N–H and O–H groups in total. The monoisotopic (exact) mass is 501 g/mol. The number of halogens is 2. The van der Waals surface area contributed by atoms with Crippen LogP contribution in [0, 0.1) is 6.92 Å². The van der Waals surface area contributed by atoms with Crippen LogP contribution in [-0.4, -0.2) is 16.9 Å². The van der Waals surface area contributed by atoms with Crippen molar-refractivity contribution >= 4 is 68.1 Å². The third-order valence-corrected chi connectivity index (χ3v) is 5.42. The Morgan fingerprint density at radius 1 is 0.867 bits per heavy atom. The fourth-order valence-corrected chi connectivity index (χ4v) is 3.36. The average Bonchev–Trinajstić information content (AvgIpc) is 2.70. The number of anilines is 2. The maximum Gasteiger partial charge on any atom is 0.257 e. The van der Waals surface area contributed by atoms with Gasteiger partial charge in [-0.1, -0.05) is 45.7 Å². The van der Waals surface area contributed by atoms with Gasteiger partial charge in [0.15, 0.2) is 5.11 Å². The molecule has 0 spiro atoms. The summed E-state index contributed by atoms with van der Waals surface area (Å²) in [4.78, 5) is 24.9. The highest BCUT2D eigenvalue weighted by molar-refractivity contribution is 9.10. The van der Waals surface area contributed by atoms with Crippen molar-refractivity contribution < 1.29 is 9.59 Å². The number of carbonyl (C=O) groups excluding carboxylic acids is 2. The van der Waals surface area contributed by atoms with Crippen LogP contribution in [0.2, 0.25) is 5.02 Å². The topological polar surface area (TPSA) is 70.2 Å². The van der Waals surface area contributed by atoms with E-state index >= 15 is 0 Å². The van der Waals surface area contributed by atoms with Crippen molar-refractivity contribution in [3.05, 3.63) is 92.9 Å². The van der Waals surface area contributed by atoms with Gasteiger partial charge in [-0.15, -0.1) is 0 Å². The highest BCUT2D eigenvalue weighted by atomic mass is 79.9. The van der Waals surface area contributed by atoms with Gasteiger partial charge >= 0.3 is 0 Å². The van der Waals surface area contributed by atoms with E-state index in [2.05, 4.69) is 31.9 Å². The molecule has 0 bridgehead atoms. The fraction of sp³-hybridized carbons (Fsp3) is 0.0455. The molecule has 0 aliphatic heterocycles. The molecule has 30 heavy (non-hydrogen) atoms. The first-order valence-corrected chi connectivity index (χ1v) is 10.5. The van der Waals surface area contributed by atoms with Gasteiger partial charge in [0.25, 0.3) is 11.8 Å². The van der Waals surface area contributed by atoms with E-state index in [0.717, 1.165) is 10.0 Å². The second-order valence-corrected chi connectivity index (χ2v) is 8.12. The van der Waals surface area contributed by atoms with Gasteiger partial charge < -0.3 is 10.6 Å². The zero-order valence-electron chi connectivity index (χ0n) is 15.8. The number of rotatable bonds is 4. The van der Waals surface area contributed by atoms with Crippen molar-refractivity contribution in [1.29, 1.82) is 0 Å². The molecule has 3 rings (SSSR count). The molecule has 0 atom stereocenters. The zero-order chi connectivity index (χ0) is 21.7. The standard InChI is InChI=1S/C22H17BrClN3O2S/c1-13-8-9-15(11-19(13)23)21(29)27-22(30)26-17-6-2-4-14(10-17)20(28)25-18-7-3-5-16(24)12-18/h2-12H,1H3,(H,25,28)(H2,26,27,29,30). The summed E-state index contributed by atoms with van der Waals surface area (Å²) in [5.41, 5.74) is 3.10. The van der Waals surface area contributed by atoms with Gasteiger partial charge in [0.1, 0.15) is 0 Å². The Balaban J connectivity index is 1.64. The predicted molar refractivity (Wildman–Crippen MR) is 128 cm³/mol. The molecule has 0 radical (unpaired) electrons. The maximum absolute atomic E-state index is 12.5. The highest BCUT2D eigenvalue weighted by Gasteiger charge is 2.11. The molecule has 0 aromatic heterocycles. The summed E-state index contributed by atoms with van der Waals surface area (Å²) in [6, 6.07) is 19.0. The largest absolute Gasteiger partial charge is 0.332 e. The first kappa shape index (κ1) is 22.0. The van der Waals surface area contributed by atoms with E-state index in [4.69, 9.17) is 23.8 Å². The van der Waals surface area contributed by atoms with Crippen molar-refractivity contribution in [2.24, 2.45) is 0 Å². The summed E-state index contributed by atoms with van der Waals surface area (Å²) < 4.78 is 0.840. The van der Waals surface area contributed by atoms with Crippen molar-refractivity contribution in [2.75, 3.05) is 10.6 Å². The molecular formula is C22H17BrClN3O2S. The smallest absolute Gasteiger partial charge is 0.257 e. The minimum atomic E-state index is -0.331. The summed E-state index contributed by atoms with van der Waals surface area (Å²) in [6.45, 7) is 1.94. The van der Waals surface area contributed by atoms with Gasteiger partial charge in [-0.2, -0.15) is 0 Å². The molecule has 3 aromatic carbocycles. The molecule has 8 heteroatoms. The van der Waals surface area contributed by atoms with Crippen molar-refractivity contribution in [3.8, 4) is 0 Å². The van der Waals surface area contributed by atoms with Gasteiger partial charge in [0, 0.05) is 32.0 Å². The molecule has 0 saturated carbocycles. The van der Waals surface area contributed by atoms with Crippen LogP contribution in [-0.2, 0) is 0 Å². The van der Waals surface area contributed by atoms with Crippen LogP contribution in [0.5, 0.6) is 0 Å². The van der Waals surface area contributed by atoms with Crippen molar-refractivity contribution in [3.63, 3.8) is 0 Å². The molecule has 0 aliphatic rings. The van der Waals surface area contributed by atoms with Crippen molar-refractivity contribution in [2.45, 2.75) is 6.92 Å². The molecule has 152 valence electrons. The maximum atomic E-state index is 12.5. The first-order valence-electron chi connectivity index (χ1n) is 8.87. The number of aryl methyl sites for hydroxylation is 1. The van der Waals surface area contributed by atoms with Gasteiger partial charge in [-0.3, -0.25) is 14.9 Å². The first-order chi connectivity index (χ1) is 14.3. The van der Waals surface area contributed by atoms with Crippen LogP contribution in [0.15, 0.2) is 71.2 Å². The number of thiocarbonyl (C=S) groups is 1. The molecule has 0 aliphatic carbocycles. The molecule has 3 aromatic rings. The van der Waals surface area contributed by atoms with Crippen LogP contribution in [0.25, 0.3) is 0 Å². The van der Waals surface area contributed by atoms with Crippen LogP contribution in [0.1, 0.15) is 26.3 Å². The Bertz CT molecular complexity index is 1140. The Labute approximate surface area is 193 Å². The van der Waals surface area contributed by atoms with E-state index in [-0.39, 0.29) is 16.9 Å². The predicted octanol–water partition coefficient (Wildman–Crippen LogP) is 5.79. The zero-order valence-corrected chi connectivity index (χ0v) is 19.0. The third-order valence-electron chi connectivity index (χ3n) is 4.13. The van der Waals surface area contributed by atoms with E-state index in [0.29, 0.717) is 27.5 Å². The molecule has 2 amide bonds. The van der Waals surface area contributed by atoms with Crippen LogP contribution >= 0.6 is 39.7 Å². The highest BCUT2D eigenvalue weighted by Crippen LogP contribution is 2.18. The Morgan fingerprint density at radius 3 is 2.23 bits per heavy atom. The SMILES string of the molecule is Cc1ccc(C(=O)NC(=S)Nc2cccc(C(=O)Nc3cccc(Cl)c3)c2)cc1Br. The number of hydrogen-bond donors (Lipinski definition) is 3. The van der Waals surface area contributed by atoms with Crippen molar-refractivity contribution in [1.82, 2.24) is 5.32 Å². The average molecular weight is 503 g/mol. The van der Waals surface area contributed by atoms with Crippen LogP contribution < -0.4 is 16.0 Å². The number of nitrogens with one attached hydrogen (secondary N) is 3. The van der Waals surface area contributed by atoms with Gasteiger partial charge in [0.2, 0.25) is 0 Å². The summed E-state index contributed by atoms with van der Waals surface area (Å²) in [5, 5.41) is 9.00. The normalized spacial score (nSPS) is 10.2. The Kier molecular flexibility index (Phi) is 7.20. The van der Waals surface area contributed by atoms with E-state index in [1.807, 2.05) is 13.0 Å². The minimum absolute atomic E-state index is 0.129. The molecular weight excluding hydrogens is 486 g/mol. The molecule has 0 fully saturated rings. The van der Waals surface area contributed by atoms with Gasteiger partial charge in [0.05, 0.1) is 0 Å². The third kappa shape index (κ3) is 5.89. The Morgan fingerprint density at radius 2 is 1.53 bits per heavy atom. The van der Waals surface area contributed by atoms with Crippen LogP contribution in [0.3, 0.4) is 0 Å². The van der Waals surface area contributed by atoms with E-state index in [1.54, 1.807) is 60.7 Å². The number of carbonyl (C=O) groups is 2. The second kappa shape index (κ2) is 9.84.